The highest BCUT2D eigenvalue weighted by molar-refractivity contribution is 5.93. The molecule has 2 aromatic rings. The highest BCUT2D eigenvalue weighted by atomic mass is 16.5. The molecule has 0 spiro atoms. The van der Waals surface area contributed by atoms with E-state index >= 15 is 0 Å². The second-order valence-corrected chi connectivity index (χ2v) is 6.04. The zero-order valence-electron chi connectivity index (χ0n) is 14.0. The van der Waals surface area contributed by atoms with E-state index in [-0.39, 0.29) is 6.10 Å². The molecule has 3 rings (SSSR count). The Morgan fingerprint density at radius 3 is 2.88 bits per heavy atom. The van der Waals surface area contributed by atoms with Gasteiger partial charge in [-0.1, -0.05) is 18.2 Å². The van der Waals surface area contributed by atoms with Gasteiger partial charge in [0.1, 0.15) is 11.9 Å². The van der Waals surface area contributed by atoms with E-state index in [0.29, 0.717) is 12.2 Å². The predicted octanol–water partition coefficient (Wildman–Crippen LogP) is 2.35. The molecule has 5 nitrogen and oxygen atoms in total. The SMILES string of the molecule is COc1cccc([C@@H]2OCCN(C)Cc3cc(C(N)=O)ccc32)c1. The molecule has 0 saturated carbocycles. The number of rotatable bonds is 3. The van der Waals surface area contributed by atoms with Gasteiger partial charge in [-0.15, -0.1) is 0 Å². The molecule has 0 unspecified atom stereocenters. The highest BCUT2D eigenvalue weighted by Gasteiger charge is 2.23. The molecule has 0 aromatic heterocycles. The third-order valence-corrected chi connectivity index (χ3v) is 4.30. The number of primary amides is 1. The Balaban J connectivity index is 2.07. The number of ether oxygens (including phenoxy) is 2. The Bertz CT molecular complexity index is 745. The van der Waals surface area contributed by atoms with Crippen LogP contribution in [0.1, 0.15) is 33.2 Å². The van der Waals surface area contributed by atoms with E-state index in [1.807, 2.05) is 43.4 Å². The van der Waals surface area contributed by atoms with E-state index in [1.54, 1.807) is 13.2 Å². The van der Waals surface area contributed by atoms with Crippen LogP contribution in [0.15, 0.2) is 42.5 Å². The Labute approximate surface area is 142 Å². The van der Waals surface area contributed by atoms with Gasteiger partial charge in [-0.25, -0.2) is 0 Å². The van der Waals surface area contributed by atoms with Gasteiger partial charge in [0.05, 0.1) is 13.7 Å². The third kappa shape index (κ3) is 3.42. The van der Waals surface area contributed by atoms with Gasteiger partial charge in [-0.3, -0.25) is 9.69 Å². The lowest BCUT2D eigenvalue weighted by molar-refractivity contribution is 0.0552. The molecular weight excluding hydrogens is 304 g/mol. The Morgan fingerprint density at radius 2 is 2.12 bits per heavy atom. The highest BCUT2D eigenvalue weighted by Crippen LogP contribution is 2.32. The summed E-state index contributed by atoms with van der Waals surface area (Å²) < 4.78 is 11.5. The van der Waals surface area contributed by atoms with Crippen molar-refractivity contribution in [2.75, 3.05) is 27.3 Å². The van der Waals surface area contributed by atoms with Gasteiger partial charge in [0.2, 0.25) is 5.91 Å². The van der Waals surface area contributed by atoms with Crippen molar-refractivity contribution in [3.63, 3.8) is 0 Å². The number of fused-ring (bicyclic) bond motifs is 1. The number of methoxy groups -OCH3 is 1. The molecule has 1 atom stereocenters. The van der Waals surface area contributed by atoms with Gasteiger partial charge in [0.25, 0.3) is 0 Å². The smallest absolute Gasteiger partial charge is 0.248 e. The molecule has 126 valence electrons. The quantitative estimate of drug-likeness (QED) is 0.940. The Kier molecular flexibility index (Phi) is 4.83. The maximum atomic E-state index is 11.5. The van der Waals surface area contributed by atoms with E-state index in [0.717, 1.165) is 35.5 Å². The van der Waals surface area contributed by atoms with E-state index in [4.69, 9.17) is 15.2 Å². The molecule has 0 bridgehead atoms. The fourth-order valence-electron chi connectivity index (χ4n) is 3.02. The molecule has 2 N–H and O–H groups in total. The predicted molar refractivity (Wildman–Crippen MR) is 92.1 cm³/mol. The van der Waals surface area contributed by atoms with Crippen molar-refractivity contribution in [2.45, 2.75) is 12.6 Å². The number of nitrogens with two attached hydrogens (primary N) is 1. The molecule has 0 radical (unpaired) electrons. The molecule has 1 aliphatic heterocycles. The summed E-state index contributed by atoms with van der Waals surface area (Å²) >= 11 is 0. The normalized spacial score (nSPS) is 18.3. The van der Waals surface area contributed by atoms with Crippen LogP contribution in [0.2, 0.25) is 0 Å². The fourth-order valence-corrected chi connectivity index (χ4v) is 3.02. The Morgan fingerprint density at radius 1 is 1.29 bits per heavy atom. The summed E-state index contributed by atoms with van der Waals surface area (Å²) in [5.74, 6) is 0.381. The van der Waals surface area contributed by atoms with Crippen LogP contribution in [0.3, 0.4) is 0 Å². The van der Waals surface area contributed by atoms with Crippen molar-refractivity contribution in [1.82, 2.24) is 4.90 Å². The van der Waals surface area contributed by atoms with Gasteiger partial charge in [-0.05, 0) is 48.0 Å². The minimum Gasteiger partial charge on any atom is -0.497 e. The van der Waals surface area contributed by atoms with Crippen molar-refractivity contribution < 1.29 is 14.3 Å². The van der Waals surface area contributed by atoms with E-state index in [2.05, 4.69) is 4.90 Å². The number of amides is 1. The first-order chi connectivity index (χ1) is 11.6. The van der Waals surface area contributed by atoms with Crippen LogP contribution in [0.25, 0.3) is 0 Å². The molecule has 2 aromatic carbocycles. The standard InChI is InChI=1S/C19H22N2O3/c1-21-8-9-24-18(13-4-3-5-16(11-13)23-2)17-7-6-14(19(20)22)10-15(17)12-21/h3-7,10-11,18H,8-9,12H2,1-2H3,(H2,20,22)/t18-/m0/s1. The van der Waals surface area contributed by atoms with Crippen molar-refractivity contribution in [3.05, 3.63) is 64.7 Å². The van der Waals surface area contributed by atoms with Crippen LogP contribution in [0, 0.1) is 0 Å². The third-order valence-electron chi connectivity index (χ3n) is 4.30. The lowest BCUT2D eigenvalue weighted by Gasteiger charge is -2.29. The van der Waals surface area contributed by atoms with Gasteiger partial charge >= 0.3 is 0 Å². The van der Waals surface area contributed by atoms with Crippen molar-refractivity contribution in [3.8, 4) is 5.75 Å². The lowest BCUT2D eigenvalue weighted by Crippen LogP contribution is -2.28. The molecule has 0 saturated heterocycles. The molecule has 1 heterocycles. The first-order valence-electron chi connectivity index (χ1n) is 7.95. The molecule has 0 fully saturated rings. The summed E-state index contributed by atoms with van der Waals surface area (Å²) in [6, 6.07) is 13.5. The number of carbonyl (C=O) groups excluding carboxylic acids is 1. The molecule has 24 heavy (non-hydrogen) atoms. The summed E-state index contributed by atoms with van der Waals surface area (Å²) in [5.41, 5.74) is 9.10. The molecule has 1 aliphatic rings. The van der Waals surface area contributed by atoms with E-state index in [1.165, 1.54) is 0 Å². The second-order valence-electron chi connectivity index (χ2n) is 6.04. The average Bonchev–Trinajstić information content (AvgIpc) is 2.57. The monoisotopic (exact) mass is 326 g/mol. The fraction of sp³-hybridized carbons (Fsp3) is 0.316. The maximum absolute atomic E-state index is 11.5. The van der Waals surface area contributed by atoms with Gasteiger partial charge < -0.3 is 15.2 Å². The van der Waals surface area contributed by atoms with Crippen LogP contribution in [-0.2, 0) is 11.3 Å². The number of carbonyl (C=O) groups is 1. The summed E-state index contributed by atoms with van der Waals surface area (Å²) in [6.07, 6.45) is -0.189. The molecular formula is C19H22N2O3. The largest absolute Gasteiger partial charge is 0.497 e. The van der Waals surface area contributed by atoms with Crippen LogP contribution in [-0.4, -0.2) is 38.1 Å². The maximum Gasteiger partial charge on any atom is 0.248 e. The van der Waals surface area contributed by atoms with E-state index in [9.17, 15) is 4.79 Å². The lowest BCUT2D eigenvalue weighted by atomic mass is 9.94. The zero-order chi connectivity index (χ0) is 17.1. The number of hydrogen-bond donors (Lipinski definition) is 1. The number of nitrogens with zero attached hydrogens (tertiary/aromatic N) is 1. The summed E-state index contributed by atoms with van der Waals surface area (Å²) in [6.45, 7) is 2.20. The minimum atomic E-state index is -0.415. The van der Waals surface area contributed by atoms with Gasteiger partial charge in [-0.2, -0.15) is 0 Å². The molecule has 5 heteroatoms. The van der Waals surface area contributed by atoms with E-state index < -0.39 is 5.91 Å². The first kappa shape index (κ1) is 16.5. The Hall–Kier alpha value is -2.37. The first-order valence-corrected chi connectivity index (χ1v) is 7.95. The van der Waals surface area contributed by atoms with Gasteiger partial charge in [0.15, 0.2) is 0 Å². The summed E-state index contributed by atoms with van der Waals surface area (Å²) in [7, 11) is 3.69. The zero-order valence-corrected chi connectivity index (χ0v) is 14.0. The van der Waals surface area contributed by atoms with Crippen LogP contribution in [0.5, 0.6) is 5.75 Å². The summed E-state index contributed by atoms with van der Waals surface area (Å²) in [5, 5.41) is 0. The number of likely N-dealkylation sites (N-methyl/N-ethyl adjacent to an activating group) is 1. The topological polar surface area (TPSA) is 64.8 Å². The van der Waals surface area contributed by atoms with Crippen LogP contribution >= 0.6 is 0 Å². The van der Waals surface area contributed by atoms with Gasteiger partial charge in [0, 0.05) is 18.7 Å². The molecule has 0 aliphatic carbocycles. The van der Waals surface area contributed by atoms with Crippen molar-refractivity contribution in [1.29, 1.82) is 0 Å². The minimum absolute atomic E-state index is 0.189. The van der Waals surface area contributed by atoms with Crippen molar-refractivity contribution in [2.24, 2.45) is 5.73 Å². The second kappa shape index (κ2) is 7.03. The van der Waals surface area contributed by atoms with Crippen LogP contribution < -0.4 is 10.5 Å². The average molecular weight is 326 g/mol. The van der Waals surface area contributed by atoms with Crippen LogP contribution in [0.4, 0.5) is 0 Å². The number of hydrogen-bond acceptors (Lipinski definition) is 4. The number of benzene rings is 2. The summed E-state index contributed by atoms with van der Waals surface area (Å²) in [4.78, 5) is 13.7. The van der Waals surface area contributed by atoms with Crippen molar-refractivity contribution >= 4 is 5.91 Å². The molecule has 1 amide bonds.